The van der Waals surface area contributed by atoms with Gasteiger partial charge < -0.3 is 10.6 Å². The monoisotopic (exact) mass is 305 g/mol. The van der Waals surface area contributed by atoms with Crippen LogP contribution in [0.4, 0.5) is 15.8 Å². The first-order valence-corrected chi connectivity index (χ1v) is 6.98. The van der Waals surface area contributed by atoms with E-state index in [0.717, 1.165) is 5.69 Å². The van der Waals surface area contributed by atoms with Crippen molar-refractivity contribution >= 4 is 28.9 Å². The molecule has 1 aromatic heterocycles. The molecule has 1 aliphatic carbocycles. The van der Waals surface area contributed by atoms with Crippen molar-refractivity contribution in [2.75, 3.05) is 10.6 Å². The molecule has 6 heteroatoms. The molecule has 0 atom stereocenters. The smallest absolute Gasteiger partial charge is 0.274 e. The minimum Gasteiger partial charge on any atom is -0.381 e. The topological polar surface area (TPSA) is 54.0 Å². The summed E-state index contributed by atoms with van der Waals surface area (Å²) in [7, 11) is 0. The molecular formula is C15H13ClFN3O. The summed E-state index contributed by atoms with van der Waals surface area (Å²) in [6, 6.07) is 8.00. The fourth-order valence-electron chi connectivity index (χ4n) is 1.85. The molecule has 1 fully saturated rings. The number of pyridine rings is 1. The molecule has 0 bridgehead atoms. The highest BCUT2D eigenvalue weighted by molar-refractivity contribution is 6.31. The van der Waals surface area contributed by atoms with E-state index in [4.69, 9.17) is 11.6 Å². The number of aromatic nitrogens is 1. The van der Waals surface area contributed by atoms with Gasteiger partial charge in [0.25, 0.3) is 5.91 Å². The van der Waals surface area contributed by atoms with Crippen LogP contribution >= 0.6 is 11.6 Å². The Morgan fingerprint density at radius 3 is 2.62 bits per heavy atom. The molecule has 4 nitrogen and oxygen atoms in total. The van der Waals surface area contributed by atoms with Crippen molar-refractivity contribution < 1.29 is 9.18 Å². The van der Waals surface area contributed by atoms with E-state index in [1.54, 1.807) is 12.3 Å². The largest absolute Gasteiger partial charge is 0.381 e. The Labute approximate surface area is 126 Å². The van der Waals surface area contributed by atoms with Gasteiger partial charge in [-0.25, -0.2) is 9.37 Å². The Morgan fingerprint density at radius 2 is 2.00 bits per heavy atom. The van der Waals surface area contributed by atoms with Crippen molar-refractivity contribution in [3.05, 3.63) is 53.1 Å². The van der Waals surface area contributed by atoms with Gasteiger partial charge >= 0.3 is 0 Å². The van der Waals surface area contributed by atoms with Gasteiger partial charge in [0.15, 0.2) is 0 Å². The molecule has 0 spiro atoms. The lowest BCUT2D eigenvalue weighted by Crippen LogP contribution is -2.14. The molecule has 0 radical (unpaired) electrons. The van der Waals surface area contributed by atoms with E-state index in [-0.39, 0.29) is 16.6 Å². The Morgan fingerprint density at radius 1 is 1.24 bits per heavy atom. The molecule has 108 valence electrons. The Kier molecular flexibility index (Phi) is 3.75. The van der Waals surface area contributed by atoms with Gasteiger partial charge in [0.2, 0.25) is 0 Å². The van der Waals surface area contributed by atoms with E-state index in [2.05, 4.69) is 15.6 Å². The number of anilines is 2. The van der Waals surface area contributed by atoms with Crippen molar-refractivity contribution in [3.8, 4) is 0 Å². The zero-order valence-electron chi connectivity index (χ0n) is 11.1. The zero-order valence-corrected chi connectivity index (χ0v) is 11.8. The van der Waals surface area contributed by atoms with Gasteiger partial charge in [-0.1, -0.05) is 11.6 Å². The van der Waals surface area contributed by atoms with Crippen LogP contribution in [0.1, 0.15) is 23.3 Å². The van der Waals surface area contributed by atoms with Crippen LogP contribution in [0.2, 0.25) is 5.02 Å². The number of benzene rings is 1. The summed E-state index contributed by atoms with van der Waals surface area (Å²) in [6.45, 7) is 0. The first-order valence-electron chi connectivity index (χ1n) is 6.61. The highest BCUT2D eigenvalue weighted by Crippen LogP contribution is 2.24. The number of amides is 1. The second-order valence-electron chi connectivity index (χ2n) is 4.93. The van der Waals surface area contributed by atoms with Crippen molar-refractivity contribution in [2.45, 2.75) is 18.9 Å². The lowest BCUT2D eigenvalue weighted by atomic mass is 10.2. The molecule has 0 unspecified atom stereocenters. The predicted molar refractivity (Wildman–Crippen MR) is 80.2 cm³/mol. The normalized spacial score (nSPS) is 13.8. The fourth-order valence-corrected chi connectivity index (χ4v) is 2.03. The van der Waals surface area contributed by atoms with E-state index < -0.39 is 5.82 Å². The van der Waals surface area contributed by atoms with Gasteiger partial charge in [0, 0.05) is 11.7 Å². The predicted octanol–water partition coefficient (Wildman–Crippen LogP) is 3.70. The summed E-state index contributed by atoms with van der Waals surface area (Å²) in [5.74, 6) is -0.890. The van der Waals surface area contributed by atoms with E-state index in [1.165, 1.54) is 31.0 Å². The highest BCUT2D eigenvalue weighted by atomic mass is 35.5. The minimum absolute atomic E-state index is 0.0373. The van der Waals surface area contributed by atoms with Gasteiger partial charge in [-0.3, -0.25) is 4.79 Å². The standard InChI is InChI=1S/C15H13ClFN3O/c16-12-7-10(3-5-13(12)17)20-15(21)14-6-4-11(8-18-14)19-9-1-2-9/h3-9,19H,1-2H2,(H,20,21). The average molecular weight is 306 g/mol. The molecular weight excluding hydrogens is 293 g/mol. The first-order chi connectivity index (χ1) is 10.1. The number of carbonyl (C=O) groups is 1. The SMILES string of the molecule is O=C(Nc1ccc(F)c(Cl)c1)c1ccc(NC2CC2)cn1. The van der Waals surface area contributed by atoms with Crippen LogP contribution in [0.5, 0.6) is 0 Å². The maximum Gasteiger partial charge on any atom is 0.274 e. The molecule has 1 aromatic carbocycles. The summed E-state index contributed by atoms with van der Waals surface area (Å²) >= 11 is 5.67. The molecule has 1 heterocycles. The lowest BCUT2D eigenvalue weighted by Gasteiger charge is -2.07. The molecule has 3 rings (SSSR count). The lowest BCUT2D eigenvalue weighted by molar-refractivity contribution is 0.102. The number of carbonyl (C=O) groups excluding carboxylic acids is 1. The Hall–Kier alpha value is -2.14. The van der Waals surface area contributed by atoms with Crippen LogP contribution in [0.25, 0.3) is 0 Å². The highest BCUT2D eigenvalue weighted by Gasteiger charge is 2.20. The fraction of sp³-hybridized carbons (Fsp3) is 0.200. The summed E-state index contributed by atoms with van der Waals surface area (Å²) in [6.07, 6.45) is 3.98. The third kappa shape index (κ3) is 3.49. The maximum absolute atomic E-state index is 13.0. The van der Waals surface area contributed by atoms with Crippen molar-refractivity contribution in [3.63, 3.8) is 0 Å². The molecule has 1 amide bonds. The van der Waals surface area contributed by atoms with E-state index in [9.17, 15) is 9.18 Å². The van der Waals surface area contributed by atoms with Crippen LogP contribution < -0.4 is 10.6 Å². The number of nitrogens with zero attached hydrogens (tertiary/aromatic N) is 1. The third-order valence-electron chi connectivity index (χ3n) is 3.12. The van der Waals surface area contributed by atoms with Crippen molar-refractivity contribution in [1.82, 2.24) is 4.98 Å². The van der Waals surface area contributed by atoms with Gasteiger partial charge in [-0.15, -0.1) is 0 Å². The second-order valence-corrected chi connectivity index (χ2v) is 5.34. The van der Waals surface area contributed by atoms with Crippen molar-refractivity contribution in [1.29, 1.82) is 0 Å². The van der Waals surface area contributed by atoms with E-state index >= 15 is 0 Å². The zero-order chi connectivity index (χ0) is 14.8. The molecule has 2 aromatic rings. The second kappa shape index (κ2) is 5.69. The summed E-state index contributed by atoms with van der Waals surface area (Å²) < 4.78 is 13.0. The van der Waals surface area contributed by atoms with Crippen molar-refractivity contribution in [2.24, 2.45) is 0 Å². The molecule has 2 N–H and O–H groups in total. The van der Waals surface area contributed by atoms with Gasteiger partial charge in [-0.2, -0.15) is 0 Å². The molecule has 0 saturated heterocycles. The van der Waals surface area contributed by atoms with Gasteiger partial charge in [0.05, 0.1) is 16.9 Å². The number of hydrogen-bond donors (Lipinski definition) is 2. The van der Waals surface area contributed by atoms with Crippen LogP contribution in [0.15, 0.2) is 36.5 Å². The van der Waals surface area contributed by atoms with Crippen LogP contribution in [-0.4, -0.2) is 16.9 Å². The quantitative estimate of drug-likeness (QED) is 0.905. The average Bonchev–Trinajstić information content (AvgIpc) is 3.28. The van der Waals surface area contributed by atoms with Gasteiger partial charge in [-0.05, 0) is 43.2 Å². The summed E-state index contributed by atoms with van der Waals surface area (Å²) in [5.41, 5.74) is 1.61. The van der Waals surface area contributed by atoms with Crippen LogP contribution in [0, 0.1) is 5.82 Å². The number of halogens is 2. The van der Waals surface area contributed by atoms with Crippen LogP contribution in [0.3, 0.4) is 0 Å². The number of hydrogen-bond acceptors (Lipinski definition) is 3. The number of rotatable bonds is 4. The summed E-state index contributed by atoms with van der Waals surface area (Å²) in [4.78, 5) is 16.1. The maximum atomic E-state index is 13.0. The van der Waals surface area contributed by atoms with Gasteiger partial charge in [0.1, 0.15) is 11.5 Å². The summed E-state index contributed by atoms with van der Waals surface area (Å²) in [5, 5.41) is 5.88. The number of nitrogens with one attached hydrogen (secondary N) is 2. The molecule has 0 aliphatic heterocycles. The van der Waals surface area contributed by atoms with E-state index in [0.29, 0.717) is 11.7 Å². The van der Waals surface area contributed by atoms with Crippen LogP contribution in [-0.2, 0) is 0 Å². The molecule has 1 saturated carbocycles. The minimum atomic E-state index is -0.525. The Bertz CT molecular complexity index is 671. The Balaban J connectivity index is 1.67. The third-order valence-corrected chi connectivity index (χ3v) is 3.41. The van der Waals surface area contributed by atoms with E-state index in [1.807, 2.05) is 6.07 Å². The molecule has 1 aliphatic rings. The molecule has 21 heavy (non-hydrogen) atoms. The first kappa shape index (κ1) is 13.8.